The number of hydrogen-bond acceptors (Lipinski definition) is 3. The minimum absolute atomic E-state index is 0.00653. The van der Waals surface area contributed by atoms with Gasteiger partial charge in [-0.1, -0.05) is 37.1 Å². The van der Waals surface area contributed by atoms with Gasteiger partial charge in [0.25, 0.3) is 0 Å². The zero-order chi connectivity index (χ0) is 12.4. The smallest absolute Gasteiger partial charge is 0.0764 e. The fourth-order valence-corrected chi connectivity index (χ4v) is 2.73. The van der Waals surface area contributed by atoms with Crippen molar-refractivity contribution in [3.8, 4) is 0 Å². The molecule has 3 heteroatoms. The Morgan fingerprint density at radius 1 is 1.24 bits per heavy atom. The summed E-state index contributed by atoms with van der Waals surface area (Å²) in [5.74, 6) is 0.370. The second-order valence-electron chi connectivity index (χ2n) is 5.10. The molecule has 1 aliphatic rings. The number of hydrogen-bond donors (Lipinski definition) is 3. The summed E-state index contributed by atoms with van der Waals surface area (Å²) in [5, 5.41) is 0. The number of nitrogens with two attached hydrogens (primary N) is 1. The number of hydrazine groups is 1. The third kappa shape index (κ3) is 2.51. The molecule has 0 saturated carbocycles. The first kappa shape index (κ1) is 12.6. The molecule has 17 heavy (non-hydrogen) atoms. The largest absolute Gasteiger partial charge is 0.314 e. The molecule has 94 valence electrons. The van der Waals surface area contributed by atoms with Gasteiger partial charge in [-0.2, -0.15) is 0 Å². The Morgan fingerprint density at radius 3 is 2.71 bits per heavy atom. The molecule has 0 radical (unpaired) electrons. The molecule has 1 heterocycles. The molecule has 3 unspecified atom stereocenters. The normalized spacial score (nSPS) is 28.6. The van der Waals surface area contributed by atoms with Gasteiger partial charge >= 0.3 is 0 Å². The average molecular weight is 233 g/mol. The van der Waals surface area contributed by atoms with Crippen molar-refractivity contribution in [2.45, 2.75) is 51.7 Å². The fraction of sp³-hybridized carbons (Fsp3) is 0.571. The quantitative estimate of drug-likeness (QED) is 0.748. The summed E-state index contributed by atoms with van der Waals surface area (Å²) in [6.45, 7) is 6.52. The maximum atomic E-state index is 6.18. The lowest BCUT2D eigenvalue weighted by Gasteiger charge is -2.23. The number of rotatable bonds is 3. The van der Waals surface area contributed by atoms with E-state index in [1.807, 2.05) is 0 Å². The van der Waals surface area contributed by atoms with E-state index >= 15 is 0 Å². The van der Waals surface area contributed by atoms with Gasteiger partial charge in [0.2, 0.25) is 0 Å². The number of nitrogens with one attached hydrogen (secondary N) is 2. The van der Waals surface area contributed by atoms with Gasteiger partial charge in [0.1, 0.15) is 0 Å². The Kier molecular flexibility index (Phi) is 3.82. The number of aryl methyl sites for hydroxylation is 2. The van der Waals surface area contributed by atoms with Crippen LogP contribution in [0.2, 0.25) is 0 Å². The summed E-state index contributed by atoms with van der Waals surface area (Å²) >= 11 is 0. The van der Waals surface area contributed by atoms with Crippen molar-refractivity contribution < 1.29 is 0 Å². The van der Waals surface area contributed by atoms with Gasteiger partial charge in [-0.3, -0.25) is 5.43 Å². The SMILES string of the molecule is CCCC1NNC(N)C1c1cc(C)ccc1C. The highest BCUT2D eigenvalue weighted by atomic mass is 15.5. The van der Waals surface area contributed by atoms with Gasteiger partial charge in [0, 0.05) is 12.0 Å². The molecule has 0 aliphatic carbocycles. The lowest BCUT2D eigenvalue weighted by atomic mass is 9.85. The molecule has 3 nitrogen and oxygen atoms in total. The van der Waals surface area contributed by atoms with Crippen molar-refractivity contribution in [2.75, 3.05) is 0 Å². The maximum absolute atomic E-state index is 6.18. The van der Waals surface area contributed by atoms with Gasteiger partial charge < -0.3 is 5.73 Å². The first-order valence-corrected chi connectivity index (χ1v) is 6.47. The fourth-order valence-electron chi connectivity index (χ4n) is 2.73. The van der Waals surface area contributed by atoms with Crippen LogP contribution in [0.1, 0.15) is 42.4 Å². The zero-order valence-electron chi connectivity index (χ0n) is 11.0. The monoisotopic (exact) mass is 233 g/mol. The molecule has 0 amide bonds. The molecular weight excluding hydrogens is 210 g/mol. The lowest BCUT2D eigenvalue weighted by Crippen LogP contribution is -2.38. The third-order valence-corrected chi connectivity index (χ3v) is 3.65. The molecule has 0 bridgehead atoms. The van der Waals surface area contributed by atoms with Gasteiger partial charge in [-0.05, 0) is 31.4 Å². The van der Waals surface area contributed by atoms with Crippen LogP contribution in [-0.4, -0.2) is 12.2 Å². The summed E-state index contributed by atoms with van der Waals surface area (Å²) in [4.78, 5) is 0. The highest BCUT2D eigenvalue weighted by Gasteiger charge is 2.34. The van der Waals surface area contributed by atoms with E-state index in [2.05, 4.69) is 49.8 Å². The summed E-state index contributed by atoms with van der Waals surface area (Å²) in [6, 6.07) is 7.07. The third-order valence-electron chi connectivity index (χ3n) is 3.65. The topological polar surface area (TPSA) is 50.1 Å². The van der Waals surface area contributed by atoms with E-state index in [-0.39, 0.29) is 6.17 Å². The first-order valence-electron chi connectivity index (χ1n) is 6.47. The molecule has 1 aromatic carbocycles. The van der Waals surface area contributed by atoms with Crippen molar-refractivity contribution in [3.05, 3.63) is 34.9 Å². The molecule has 0 aromatic heterocycles. The van der Waals surface area contributed by atoms with Crippen LogP contribution in [0.4, 0.5) is 0 Å². The molecule has 2 rings (SSSR count). The van der Waals surface area contributed by atoms with E-state index < -0.39 is 0 Å². The van der Waals surface area contributed by atoms with Crippen LogP contribution in [-0.2, 0) is 0 Å². The Balaban J connectivity index is 2.32. The van der Waals surface area contributed by atoms with Gasteiger partial charge in [-0.15, -0.1) is 0 Å². The molecule has 4 N–H and O–H groups in total. The van der Waals surface area contributed by atoms with Crippen molar-refractivity contribution in [1.29, 1.82) is 0 Å². The Hall–Kier alpha value is -0.900. The van der Waals surface area contributed by atoms with E-state index in [0.717, 1.165) is 6.42 Å². The lowest BCUT2D eigenvalue weighted by molar-refractivity contribution is 0.484. The maximum Gasteiger partial charge on any atom is 0.0764 e. The standard InChI is InChI=1S/C14H23N3/c1-4-5-12-13(14(15)17-16-12)11-8-9(2)6-7-10(11)3/h6-8,12-14,16-17H,4-5,15H2,1-3H3. The van der Waals surface area contributed by atoms with E-state index in [4.69, 9.17) is 5.73 Å². The molecule has 3 atom stereocenters. The molecule has 1 fully saturated rings. The Bertz CT molecular complexity index is 387. The van der Waals surface area contributed by atoms with Crippen LogP contribution >= 0.6 is 0 Å². The van der Waals surface area contributed by atoms with Crippen molar-refractivity contribution >= 4 is 0 Å². The summed E-state index contributed by atoms with van der Waals surface area (Å²) in [7, 11) is 0. The second kappa shape index (κ2) is 5.17. The molecular formula is C14H23N3. The molecule has 1 saturated heterocycles. The minimum atomic E-state index is 0.00653. The van der Waals surface area contributed by atoms with Gasteiger partial charge in [0.15, 0.2) is 0 Å². The van der Waals surface area contributed by atoms with E-state index in [1.54, 1.807) is 0 Å². The van der Waals surface area contributed by atoms with Gasteiger partial charge in [-0.25, -0.2) is 5.43 Å². The Morgan fingerprint density at radius 2 is 2.00 bits per heavy atom. The summed E-state index contributed by atoms with van der Waals surface area (Å²) < 4.78 is 0. The highest BCUT2D eigenvalue weighted by Crippen LogP contribution is 2.30. The van der Waals surface area contributed by atoms with E-state index in [1.165, 1.54) is 23.1 Å². The zero-order valence-corrected chi connectivity index (χ0v) is 11.0. The highest BCUT2D eigenvalue weighted by molar-refractivity contribution is 5.35. The Labute approximate surface area is 104 Å². The summed E-state index contributed by atoms with van der Waals surface area (Å²) in [5.41, 5.74) is 16.7. The van der Waals surface area contributed by atoms with Crippen molar-refractivity contribution in [2.24, 2.45) is 5.73 Å². The first-order chi connectivity index (χ1) is 8.13. The second-order valence-corrected chi connectivity index (χ2v) is 5.10. The average Bonchev–Trinajstić information content (AvgIpc) is 2.64. The van der Waals surface area contributed by atoms with Gasteiger partial charge in [0.05, 0.1) is 6.17 Å². The van der Waals surface area contributed by atoms with Crippen LogP contribution in [0, 0.1) is 13.8 Å². The predicted molar refractivity (Wildman–Crippen MR) is 71.6 cm³/mol. The van der Waals surface area contributed by atoms with Crippen LogP contribution < -0.4 is 16.6 Å². The van der Waals surface area contributed by atoms with Crippen molar-refractivity contribution in [1.82, 2.24) is 10.9 Å². The van der Waals surface area contributed by atoms with E-state index in [9.17, 15) is 0 Å². The molecule has 1 aromatic rings. The molecule has 1 aliphatic heterocycles. The van der Waals surface area contributed by atoms with Crippen LogP contribution in [0.25, 0.3) is 0 Å². The van der Waals surface area contributed by atoms with E-state index in [0.29, 0.717) is 12.0 Å². The molecule has 0 spiro atoms. The summed E-state index contributed by atoms with van der Waals surface area (Å²) in [6.07, 6.45) is 2.33. The minimum Gasteiger partial charge on any atom is -0.314 e. The predicted octanol–water partition coefficient (Wildman–Crippen LogP) is 1.95. The van der Waals surface area contributed by atoms with Crippen LogP contribution in [0.3, 0.4) is 0 Å². The van der Waals surface area contributed by atoms with Crippen LogP contribution in [0.5, 0.6) is 0 Å². The van der Waals surface area contributed by atoms with Crippen molar-refractivity contribution in [3.63, 3.8) is 0 Å². The van der Waals surface area contributed by atoms with Crippen LogP contribution in [0.15, 0.2) is 18.2 Å². The number of benzene rings is 1.